The summed E-state index contributed by atoms with van der Waals surface area (Å²) in [5, 5.41) is 2.04. The second kappa shape index (κ2) is 6.50. The number of halogens is 7. The molecule has 1 fully saturated rings. The van der Waals surface area contributed by atoms with Gasteiger partial charge < -0.3 is 5.32 Å². The summed E-state index contributed by atoms with van der Waals surface area (Å²) in [6, 6.07) is 0.799. The molecule has 1 aliphatic rings. The van der Waals surface area contributed by atoms with E-state index in [9.17, 15) is 40.3 Å². The van der Waals surface area contributed by atoms with E-state index in [0.717, 1.165) is 13.0 Å². The molecule has 1 N–H and O–H groups in total. The first-order valence-corrected chi connectivity index (χ1v) is 7.59. The lowest BCUT2D eigenvalue weighted by Gasteiger charge is -2.23. The highest BCUT2D eigenvalue weighted by Gasteiger charge is 2.51. The van der Waals surface area contributed by atoms with Crippen LogP contribution in [0, 0.1) is 40.7 Å². The van der Waals surface area contributed by atoms with Gasteiger partial charge in [0.2, 0.25) is 5.82 Å². The van der Waals surface area contributed by atoms with Crippen molar-refractivity contribution in [3.63, 3.8) is 0 Å². The zero-order valence-corrected chi connectivity index (χ0v) is 13.8. The summed E-state index contributed by atoms with van der Waals surface area (Å²) in [5.74, 6) is -14.6. The van der Waals surface area contributed by atoms with Gasteiger partial charge in [-0.05, 0) is 25.1 Å². The molecule has 0 aromatic heterocycles. The van der Waals surface area contributed by atoms with E-state index in [0.29, 0.717) is 12.1 Å². The maximum absolute atomic E-state index is 14.1. The second-order valence-corrected chi connectivity index (χ2v) is 6.12. The monoisotopic (exact) mass is 406 g/mol. The summed E-state index contributed by atoms with van der Waals surface area (Å²) in [4.78, 5) is 24.9. The molecular formula is C17H9F7N2O2. The van der Waals surface area contributed by atoms with Crippen LogP contribution >= 0.6 is 0 Å². The van der Waals surface area contributed by atoms with Gasteiger partial charge in [-0.2, -0.15) is 0 Å². The lowest BCUT2D eigenvalue weighted by Crippen LogP contribution is -2.41. The fraction of sp³-hybridized carbons (Fsp3) is 0.176. The molecule has 2 aromatic rings. The minimum absolute atomic E-state index is 0.141. The lowest BCUT2D eigenvalue weighted by molar-refractivity contribution is -0.131. The van der Waals surface area contributed by atoms with E-state index in [-0.39, 0.29) is 4.90 Å². The van der Waals surface area contributed by atoms with E-state index in [2.05, 4.69) is 0 Å². The Labute approximate surface area is 152 Å². The molecule has 2 aromatic carbocycles. The van der Waals surface area contributed by atoms with Gasteiger partial charge in [0.25, 0.3) is 5.91 Å². The topological polar surface area (TPSA) is 49.4 Å². The van der Waals surface area contributed by atoms with Gasteiger partial charge in [0.05, 0.1) is 6.54 Å². The van der Waals surface area contributed by atoms with Crippen LogP contribution in [0.1, 0.15) is 18.1 Å². The van der Waals surface area contributed by atoms with Gasteiger partial charge in [-0.15, -0.1) is 0 Å². The zero-order chi connectivity index (χ0) is 21.0. The number of urea groups is 1. The smallest absolute Gasteiger partial charge is 0.319 e. The summed E-state index contributed by atoms with van der Waals surface area (Å²) in [6.45, 7) is -0.313. The molecule has 1 saturated heterocycles. The van der Waals surface area contributed by atoms with E-state index < -0.39 is 75.9 Å². The summed E-state index contributed by atoms with van der Waals surface area (Å²) < 4.78 is 95.0. The molecule has 0 unspecified atom stereocenters. The first-order valence-electron chi connectivity index (χ1n) is 7.59. The largest absolute Gasteiger partial charge is 0.325 e. The van der Waals surface area contributed by atoms with E-state index in [1.165, 1.54) is 0 Å². The molecule has 4 nitrogen and oxygen atoms in total. The van der Waals surface area contributed by atoms with Crippen LogP contribution < -0.4 is 5.32 Å². The van der Waals surface area contributed by atoms with E-state index >= 15 is 0 Å². The van der Waals surface area contributed by atoms with Crippen LogP contribution in [0.25, 0.3) is 0 Å². The molecule has 1 heterocycles. The summed E-state index contributed by atoms with van der Waals surface area (Å²) in [6.07, 6.45) is 0. The van der Waals surface area contributed by atoms with Gasteiger partial charge in [-0.1, -0.05) is 0 Å². The van der Waals surface area contributed by atoms with Crippen molar-refractivity contribution in [2.24, 2.45) is 0 Å². The third kappa shape index (κ3) is 2.77. The van der Waals surface area contributed by atoms with E-state index in [1.54, 1.807) is 0 Å². The van der Waals surface area contributed by atoms with Gasteiger partial charge in [-0.25, -0.2) is 35.5 Å². The number of amides is 3. The number of hydrogen-bond acceptors (Lipinski definition) is 2. The lowest BCUT2D eigenvalue weighted by atomic mass is 9.91. The van der Waals surface area contributed by atoms with Crippen molar-refractivity contribution < 1.29 is 40.3 Å². The maximum atomic E-state index is 14.1. The summed E-state index contributed by atoms with van der Waals surface area (Å²) in [7, 11) is 0. The number of carbonyl (C=O) groups excluding carboxylic acids is 2. The van der Waals surface area contributed by atoms with Gasteiger partial charge in [-0.3, -0.25) is 9.69 Å². The standard InChI is InChI=1S/C17H9F7N2O2/c1-17(8-4-6(18)2-3-9(8)19)15(27)26(16(28)25-17)5-7-10(20)12(22)14(24)13(23)11(7)21/h2-4H,5H2,1H3,(H,25,28)/t17-/m0/s1. The number of hydrogen-bond donors (Lipinski definition) is 1. The minimum Gasteiger partial charge on any atom is -0.319 e. The van der Waals surface area contributed by atoms with Crippen molar-refractivity contribution >= 4 is 11.9 Å². The average Bonchev–Trinajstić information content (AvgIpc) is 2.87. The van der Waals surface area contributed by atoms with Crippen LogP contribution in [0.2, 0.25) is 0 Å². The number of nitrogens with one attached hydrogen (secondary N) is 1. The molecule has 1 aliphatic heterocycles. The molecule has 0 radical (unpaired) electrons. The van der Waals surface area contributed by atoms with Gasteiger partial charge in [0, 0.05) is 11.1 Å². The molecule has 1 atom stereocenters. The van der Waals surface area contributed by atoms with Crippen molar-refractivity contribution in [2.75, 3.05) is 0 Å². The Morgan fingerprint density at radius 3 is 2.00 bits per heavy atom. The number of benzene rings is 2. The van der Waals surface area contributed by atoms with Crippen molar-refractivity contribution in [1.29, 1.82) is 0 Å². The zero-order valence-electron chi connectivity index (χ0n) is 13.8. The summed E-state index contributed by atoms with van der Waals surface area (Å²) >= 11 is 0. The molecule has 0 bridgehead atoms. The fourth-order valence-corrected chi connectivity index (χ4v) is 2.85. The van der Waals surface area contributed by atoms with Gasteiger partial charge in [0.1, 0.15) is 17.2 Å². The Kier molecular flexibility index (Phi) is 4.56. The first kappa shape index (κ1) is 19.6. The molecule has 0 aliphatic carbocycles. The van der Waals surface area contributed by atoms with Crippen LogP contribution in [0.5, 0.6) is 0 Å². The average molecular weight is 406 g/mol. The van der Waals surface area contributed by atoms with Crippen molar-refractivity contribution in [2.45, 2.75) is 19.0 Å². The van der Waals surface area contributed by atoms with E-state index in [1.807, 2.05) is 5.32 Å². The van der Waals surface area contributed by atoms with Crippen LogP contribution in [0.4, 0.5) is 35.5 Å². The number of rotatable bonds is 3. The maximum Gasteiger partial charge on any atom is 0.325 e. The Morgan fingerprint density at radius 1 is 0.893 bits per heavy atom. The molecular weight excluding hydrogens is 397 g/mol. The SMILES string of the molecule is C[C@@]1(c2cc(F)ccc2F)NC(=O)N(Cc2c(F)c(F)c(F)c(F)c2F)C1=O. The predicted octanol–water partition coefficient (Wildman–Crippen LogP) is 3.63. The van der Waals surface area contributed by atoms with Crippen molar-refractivity contribution in [1.82, 2.24) is 10.2 Å². The highest BCUT2D eigenvalue weighted by molar-refractivity contribution is 6.07. The van der Waals surface area contributed by atoms with Crippen LogP contribution in [0.15, 0.2) is 18.2 Å². The van der Waals surface area contributed by atoms with Gasteiger partial charge in [0.15, 0.2) is 23.3 Å². The molecule has 11 heteroatoms. The Hall–Kier alpha value is -3.11. The molecule has 148 valence electrons. The molecule has 0 saturated carbocycles. The van der Waals surface area contributed by atoms with Crippen LogP contribution in [-0.4, -0.2) is 16.8 Å². The number of imide groups is 1. The third-order valence-electron chi connectivity index (χ3n) is 4.36. The van der Waals surface area contributed by atoms with E-state index in [4.69, 9.17) is 0 Å². The molecule has 0 spiro atoms. The van der Waals surface area contributed by atoms with Crippen molar-refractivity contribution in [3.8, 4) is 0 Å². The molecule has 28 heavy (non-hydrogen) atoms. The first-order chi connectivity index (χ1) is 13.0. The molecule has 3 rings (SSSR count). The minimum atomic E-state index is -2.40. The second-order valence-electron chi connectivity index (χ2n) is 6.12. The van der Waals surface area contributed by atoms with Crippen molar-refractivity contribution in [3.05, 3.63) is 70.0 Å². The van der Waals surface area contributed by atoms with Crippen LogP contribution in [0.3, 0.4) is 0 Å². The Bertz CT molecular complexity index is 998. The summed E-state index contributed by atoms with van der Waals surface area (Å²) in [5.41, 5.74) is -4.16. The Balaban J connectivity index is 2.04. The Morgan fingerprint density at radius 2 is 1.43 bits per heavy atom. The fourth-order valence-electron chi connectivity index (χ4n) is 2.85. The molecule has 3 amide bonds. The predicted molar refractivity (Wildman–Crippen MR) is 79.0 cm³/mol. The highest BCUT2D eigenvalue weighted by atomic mass is 19.2. The number of carbonyl (C=O) groups is 2. The van der Waals surface area contributed by atoms with Gasteiger partial charge >= 0.3 is 6.03 Å². The quantitative estimate of drug-likeness (QED) is 0.366. The normalized spacial score (nSPS) is 19.4. The highest BCUT2D eigenvalue weighted by Crippen LogP contribution is 2.33. The number of nitrogens with zero attached hydrogens (tertiary/aromatic N) is 1. The third-order valence-corrected chi connectivity index (χ3v) is 4.36. The van der Waals surface area contributed by atoms with Crippen LogP contribution in [-0.2, 0) is 16.9 Å².